The summed E-state index contributed by atoms with van der Waals surface area (Å²) in [4.78, 5) is 23.9. The number of carbonyl (C=O) groups excluding carboxylic acids is 1. The van der Waals surface area contributed by atoms with Gasteiger partial charge in [-0.1, -0.05) is 48.0 Å². The summed E-state index contributed by atoms with van der Waals surface area (Å²) in [5, 5.41) is 12.1. The van der Waals surface area contributed by atoms with Gasteiger partial charge in [-0.15, -0.1) is 0 Å². The van der Waals surface area contributed by atoms with Crippen molar-refractivity contribution in [2.45, 2.75) is 13.5 Å². The Morgan fingerprint density at radius 3 is 2.45 bits per heavy atom. The molecule has 0 heterocycles. The summed E-state index contributed by atoms with van der Waals surface area (Å²) >= 11 is 6.19. The van der Waals surface area contributed by atoms with Crippen molar-refractivity contribution in [1.82, 2.24) is 0 Å². The van der Waals surface area contributed by atoms with Crippen LogP contribution in [-0.2, 0) is 6.61 Å². The molecule has 3 aromatic carbocycles. The molecule has 0 aliphatic carbocycles. The fraction of sp³-hybridized carbons (Fsp3) is 0.0909. The van der Waals surface area contributed by atoms with Crippen LogP contribution in [0.15, 0.2) is 66.7 Å². The standard InChI is InChI=1S/C22H18ClNO4.Na.H/c1-14-7-8-16(22(26)27)11-20(14)24-21(25)18-12-17(9-10-19(18)23)28-13-15-5-3-2-4-6-15;;/h2-12H,13H2,1H3,(H,24,25)(H,26,27);;. The Morgan fingerprint density at radius 1 is 1.03 bits per heavy atom. The van der Waals surface area contributed by atoms with E-state index in [2.05, 4.69) is 5.32 Å². The normalized spacial score (nSPS) is 10.0. The van der Waals surface area contributed by atoms with Gasteiger partial charge in [-0.3, -0.25) is 4.79 Å². The topological polar surface area (TPSA) is 75.6 Å². The number of hydrogen-bond acceptors (Lipinski definition) is 3. The third kappa shape index (κ3) is 6.08. The number of amides is 1. The molecular weight excluding hydrogens is 401 g/mol. The van der Waals surface area contributed by atoms with Crippen LogP contribution in [0.2, 0.25) is 5.02 Å². The van der Waals surface area contributed by atoms with Crippen LogP contribution in [0.1, 0.15) is 31.8 Å². The van der Waals surface area contributed by atoms with E-state index in [1.807, 2.05) is 30.3 Å². The van der Waals surface area contributed by atoms with Gasteiger partial charge in [0.1, 0.15) is 12.4 Å². The number of aryl methyl sites for hydroxylation is 1. The molecule has 0 unspecified atom stereocenters. The van der Waals surface area contributed by atoms with E-state index < -0.39 is 11.9 Å². The summed E-state index contributed by atoms with van der Waals surface area (Å²) in [6.07, 6.45) is 0. The first kappa shape index (κ1) is 23.0. The molecule has 7 heteroatoms. The number of halogens is 1. The van der Waals surface area contributed by atoms with E-state index in [9.17, 15) is 9.59 Å². The first-order valence-corrected chi connectivity index (χ1v) is 8.93. The van der Waals surface area contributed by atoms with Crippen molar-refractivity contribution in [1.29, 1.82) is 0 Å². The van der Waals surface area contributed by atoms with Crippen molar-refractivity contribution >= 4 is 58.7 Å². The first-order chi connectivity index (χ1) is 13.4. The molecule has 0 aromatic heterocycles. The quantitative estimate of drug-likeness (QED) is 0.575. The van der Waals surface area contributed by atoms with Crippen LogP contribution in [0, 0.1) is 6.92 Å². The van der Waals surface area contributed by atoms with E-state index in [0.29, 0.717) is 18.0 Å². The van der Waals surface area contributed by atoms with E-state index in [-0.39, 0.29) is 45.7 Å². The van der Waals surface area contributed by atoms with E-state index in [1.54, 1.807) is 31.2 Å². The zero-order chi connectivity index (χ0) is 20.1. The third-order valence-electron chi connectivity index (χ3n) is 4.16. The van der Waals surface area contributed by atoms with Gasteiger partial charge in [-0.25, -0.2) is 4.79 Å². The minimum atomic E-state index is -1.06. The molecule has 2 N–H and O–H groups in total. The number of benzene rings is 3. The van der Waals surface area contributed by atoms with Crippen LogP contribution in [0.4, 0.5) is 5.69 Å². The van der Waals surface area contributed by atoms with Gasteiger partial charge in [-0.2, -0.15) is 0 Å². The number of carboxylic acid groups (broad SMARTS) is 1. The summed E-state index contributed by atoms with van der Waals surface area (Å²) < 4.78 is 5.75. The zero-order valence-corrected chi connectivity index (χ0v) is 15.9. The molecule has 0 spiro atoms. The Bertz CT molecular complexity index is 1020. The molecule has 3 aromatic rings. The van der Waals surface area contributed by atoms with Crippen molar-refractivity contribution in [3.05, 3.63) is 94.0 Å². The first-order valence-electron chi connectivity index (χ1n) is 8.55. The summed E-state index contributed by atoms with van der Waals surface area (Å²) in [5.74, 6) is -1.000. The summed E-state index contributed by atoms with van der Waals surface area (Å²) in [6, 6.07) is 19.1. The molecule has 5 nitrogen and oxygen atoms in total. The molecular formula is C22H19ClNNaO4. The number of nitrogens with one attached hydrogen (secondary N) is 1. The number of hydrogen-bond donors (Lipinski definition) is 2. The zero-order valence-electron chi connectivity index (χ0n) is 15.1. The fourth-order valence-electron chi connectivity index (χ4n) is 2.59. The van der Waals surface area contributed by atoms with E-state index >= 15 is 0 Å². The van der Waals surface area contributed by atoms with Gasteiger partial charge >= 0.3 is 35.5 Å². The minimum absolute atomic E-state index is 0. The predicted molar refractivity (Wildman–Crippen MR) is 115 cm³/mol. The van der Waals surface area contributed by atoms with Crippen LogP contribution in [0.5, 0.6) is 5.75 Å². The summed E-state index contributed by atoms with van der Waals surface area (Å²) in [6.45, 7) is 2.14. The molecule has 144 valence electrons. The van der Waals surface area contributed by atoms with E-state index in [4.69, 9.17) is 21.4 Å². The van der Waals surface area contributed by atoms with Gasteiger partial charge < -0.3 is 15.2 Å². The SMILES string of the molecule is Cc1ccc(C(=O)O)cc1NC(=O)c1cc(OCc2ccccc2)ccc1Cl.[NaH]. The molecule has 0 aliphatic rings. The van der Waals surface area contributed by atoms with Crippen molar-refractivity contribution in [3.63, 3.8) is 0 Å². The van der Waals surface area contributed by atoms with Crippen LogP contribution >= 0.6 is 11.6 Å². The number of anilines is 1. The van der Waals surface area contributed by atoms with Crippen molar-refractivity contribution in [2.75, 3.05) is 5.32 Å². The molecule has 29 heavy (non-hydrogen) atoms. The maximum atomic E-state index is 12.7. The van der Waals surface area contributed by atoms with Gasteiger partial charge in [0.2, 0.25) is 0 Å². The average Bonchev–Trinajstić information content (AvgIpc) is 2.69. The van der Waals surface area contributed by atoms with Gasteiger partial charge in [0.25, 0.3) is 5.91 Å². The fourth-order valence-corrected chi connectivity index (χ4v) is 2.79. The average molecular weight is 420 g/mol. The van der Waals surface area contributed by atoms with Crippen molar-refractivity contribution in [2.24, 2.45) is 0 Å². The predicted octanol–water partition coefficient (Wildman–Crippen LogP) is 4.53. The second-order valence-electron chi connectivity index (χ2n) is 6.20. The number of ether oxygens (including phenoxy) is 1. The molecule has 1 amide bonds. The molecule has 0 saturated carbocycles. The molecule has 0 aliphatic heterocycles. The number of aromatic carboxylic acids is 1. The second-order valence-corrected chi connectivity index (χ2v) is 6.61. The third-order valence-corrected chi connectivity index (χ3v) is 4.49. The number of carbonyl (C=O) groups is 2. The Kier molecular flexibility index (Phi) is 8.29. The molecule has 3 rings (SSSR count). The monoisotopic (exact) mass is 419 g/mol. The Balaban J connectivity index is 0.00000300. The van der Waals surface area contributed by atoms with Crippen molar-refractivity contribution < 1.29 is 19.4 Å². The number of rotatable bonds is 6. The Labute approximate surface area is 196 Å². The molecule has 0 saturated heterocycles. The molecule has 0 radical (unpaired) electrons. The van der Waals surface area contributed by atoms with Crippen LogP contribution < -0.4 is 10.1 Å². The van der Waals surface area contributed by atoms with Gasteiger partial charge in [0, 0.05) is 5.69 Å². The summed E-state index contributed by atoms with van der Waals surface area (Å²) in [5.41, 5.74) is 2.49. The van der Waals surface area contributed by atoms with E-state index in [0.717, 1.165) is 11.1 Å². The van der Waals surface area contributed by atoms with Gasteiger partial charge in [-0.05, 0) is 48.4 Å². The molecule has 0 atom stereocenters. The Hall–Kier alpha value is -2.31. The second kappa shape index (κ2) is 10.5. The van der Waals surface area contributed by atoms with Crippen LogP contribution in [-0.4, -0.2) is 46.5 Å². The summed E-state index contributed by atoms with van der Waals surface area (Å²) in [7, 11) is 0. The van der Waals surface area contributed by atoms with Gasteiger partial charge in [0.15, 0.2) is 0 Å². The van der Waals surface area contributed by atoms with Crippen LogP contribution in [0.25, 0.3) is 0 Å². The Morgan fingerprint density at radius 2 is 1.76 bits per heavy atom. The van der Waals surface area contributed by atoms with Crippen LogP contribution in [0.3, 0.4) is 0 Å². The molecule has 0 fully saturated rings. The van der Waals surface area contributed by atoms with E-state index in [1.165, 1.54) is 12.1 Å². The maximum absolute atomic E-state index is 12.7. The number of carboxylic acids is 1. The molecule has 0 bridgehead atoms. The van der Waals surface area contributed by atoms with Crippen molar-refractivity contribution in [3.8, 4) is 5.75 Å². The van der Waals surface area contributed by atoms with Gasteiger partial charge in [0.05, 0.1) is 16.1 Å².